The quantitative estimate of drug-likeness (QED) is 0.0215. The highest BCUT2D eigenvalue weighted by Crippen LogP contribution is 2.22. The lowest BCUT2D eigenvalue weighted by Crippen LogP contribution is -2.37. The van der Waals surface area contributed by atoms with Crippen molar-refractivity contribution in [3.8, 4) is 0 Å². The fraction of sp³-hybridized carbons (Fsp3) is 0.955. The summed E-state index contributed by atoms with van der Waals surface area (Å²) in [5.41, 5.74) is -1.11. The molecule has 0 saturated heterocycles. The Morgan fingerprint density at radius 1 is 0.188 bits per heavy atom. The van der Waals surface area contributed by atoms with Crippen LogP contribution in [0.5, 0.6) is 0 Å². The number of hydrogen-bond donors (Lipinski definition) is 8. The molecule has 0 aliphatic carbocycles. The summed E-state index contributed by atoms with van der Waals surface area (Å²) in [6.45, 7) is 15.6. The van der Waals surface area contributed by atoms with Crippen molar-refractivity contribution < 1.29 is 40.9 Å². The van der Waals surface area contributed by atoms with Crippen molar-refractivity contribution >= 4 is 69.1 Å². The maximum Gasteiger partial charge on any atom is 0.159 e. The zero-order valence-electron chi connectivity index (χ0n) is 68.9. The van der Waals surface area contributed by atoms with Gasteiger partial charge in [0.2, 0.25) is 0 Å². The SMILES string of the molecule is CCCCCCCCCCCCCCCCCCC(C)C(O)=S.CCCCCCCCCCCCCCCCCCC(C)C(O)=S.CCCCCCCCCCCCCCCCCCC(C)C(O)=S.CCCCCCCCCCCCCCCCCCC(C)C(O)=S.OCC(CO)(CO)CO. The Labute approximate surface area is 653 Å². The molecule has 0 fully saturated rings. The molecule has 0 aliphatic rings. The maximum atomic E-state index is 9.18. The molecule has 101 heavy (non-hydrogen) atoms. The molecule has 0 rings (SSSR count). The molecule has 8 nitrogen and oxygen atoms in total. The van der Waals surface area contributed by atoms with Crippen LogP contribution < -0.4 is 0 Å². The molecule has 0 saturated carbocycles. The molecular weight excluding hydrogens is 1330 g/mol. The summed E-state index contributed by atoms with van der Waals surface area (Å²) in [7, 11) is 0. The molecule has 12 heteroatoms. The van der Waals surface area contributed by atoms with Crippen molar-refractivity contribution in [3.63, 3.8) is 0 Å². The first kappa shape index (κ1) is 109. The van der Waals surface area contributed by atoms with E-state index in [2.05, 4.69) is 27.7 Å². The van der Waals surface area contributed by atoms with Gasteiger partial charge in [0.15, 0.2) is 20.2 Å². The van der Waals surface area contributed by atoms with Crippen LogP contribution in [-0.2, 0) is 0 Å². The van der Waals surface area contributed by atoms with Crippen LogP contribution in [0.2, 0.25) is 0 Å². The third kappa shape index (κ3) is 95.4. The van der Waals surface area contributed by atoms with Crippen LogP contribution in [0, 0.1) is 29.1 Å². The second-order valence-electron chi connectivity index (χ2n) is 31.5. The van der Waals surface area contributed by atoms with Crippen LogP contribution in [0.1, 0.15) is 492 Å². The van der Waals surface area contributed by atoms with E-state index in [1.54, 1.807) is 0 Å². The van der Waals surface area contributed by atoms with E-state index in [4.69, 9.17) is 69.3 Å². The van der Waals surface area contributed by atoms with Crippen molar-refractivity contribution in [2.24, 2.45) is 29.1 Å². The lowest BCUT2D eigenvalue weighted by molar-refractivity contribution is -0.0328. The zero-order chi connectivity index (χ0) is 76.0. The van der Waals surface area contributed by atoms with Gasteiger partial charge >= 0.3 is 0 Å². The molecule has 4 unspecified atom stereocenters. The van der Waals surface area contributed by atoms with Gasteiger partial charge in [0, 0.05) is 23.7 Å². The van der Waals surface area contributed by atoms with Gasteiger partial charge in [0.25, 0.3) is 0 Å². The predicted molar refractivity (Wildman–Crippen MR) is 465 cm³/mol. The number of aliphatic hydroxyl groups excluding tert-OH is 8. The van der Waals surface area contributed by atoms with Gasteiger partial charge in [0.1, 0.15) is 0 Å². The van der Waals surface area contributed by atoms with Gasteiger partial charge < -0.3 is 40.9 Å². The lowest BCUT2D eigenvalue weighted by atomic mass is 9.93. The summed E-state index contributed by atoms with van der Waals surface area (Å²) in [5.74, 6) is 0.821. The van der Waals surface area contributed by atoms with Crippen molar-refractivity contribution in [2.75, 3.05) is 26.4 Å². The molecule has 0 spiro atoms. The van der Waals surface area contributed by atoms with Crippen LogP contribution in [0.25, 0.3) is 0 Å². The van der Waals surface area contributed by atoms with Crippen LogP contribution in [0.3, 0.4) is 0 Å². The summed E-state index contributed by atoms with van der Waals surface area (Å²) in [6.07, 6.45) is 94.0. The van der Waals surface area contributed by atoms with Crippen molar-refractivity contribution in [1.82, 2.24) is 0 Å². The van der Waals surface area contributed by atoms with Crippen LogP contribution >= 0.6 is 48.9 Å². The van der Waals surface area contributed by atoms with Gasteiger partial charge in [-0.1, -0.05) is 466 Å². The summed E-state index contributed by atoms with van der Waals surface area (Å²) >= 11 is 19.1. The molecule has 8 N–H and O–H groups in total. The molecular formula is C89H180O8S4. The molecule has 0 aromatic heterocycles. The number of rotatable bonds is 76. The second-order valence-corrected chi connectivity index (χ2v) is 33.1. The van der Waals surface area contributed by atoms with Gasteiger partial charge in [-0.25, -0.2) is 0 Å². The fourth-order valence-electron chi connectivity index (χ4n) is 12.8. The van der Waals surface area contributed by atoms with E-state index >= 15 is 0 Å². The minimum atomic E-state index is -1.11. The van der Waals surface area contributed by atoms with E-state index < -0.39 is 31.8 Å². The highest BCUT2D eigenvalue weighted by atomic mass is 32.1. The van der Waals surface area contributed by atoms with Crippen LogP contribution in [0.15, 0.2) is 0 Å². The monoisotopic (exact) mass is 1510 g/mol. The average molecular weight is 1510 g/mol. The Morgan fingerprint density at radius 2 is 0.277 bits per heavy atom. The Hall–Kier alpha value is -0.600. The Balaban J connectivity index is -0.000000389. The van der Waals surface area contributed by atoms with Gasteiger partial charge in [-0.15, -0.1) is 0 Å². The minimum Gasteiger partial charge on any atom is -0.502 e. The lowest BCUT2D eigenvalue weighted by Gasteiger charge is -2.23. The molecule has 0 amide bonds. The van der Waals surface area contributed by atoms with Crippen molar-refractivity contribution in [1.29, 1.82) is 0 Å². The number of thiocarbonyl (C=S) groups is 4. The molecule has 0 heterocycles. The maximum absolute atomic E-state index is 9.18. The van der Waals surface area contributed by atoms with E-state index in [1.165, 1.54) is 411 Å². The van der Waals surface area contributed by atoms with Gasteiger partial charge in [-0.05, 0) is 74.6 Å². The first-order valence-corrected chi connectivity index (χ1v) is 45.9. The van der Waals surface area contributed by atoms with E-state index in [1.807, 2.05) is 27.7 Å². The summed E-state index contributed by atoms with van der Waals surface area (Å²) in [5, 5.41) is 71.4. The highest BCUT2D eigenvalue weighted by Gasteiger charge is 2.26. The Kier molecular flexibility index (Phi) is 101. The second kappa shape index (κ2) is 93.6. The van der Waals surface area contributed by atoms with E-state index in [0.29, 0.717) is 0 Å². The van der Waals surface area contributed by atoms with Crippen molar-refractivity contribution in [2.45, 2.75) is 492 Å². The third-order valence-corrected chi connectivity index (χ3v) is 22.6. The number of hydrogen-bond acceptors (Lipinski definition) is 8. The number of unbranched alkanes of at least 4 members (excludes halogenated alkanes) is 60. The predicted octanol–water partition coefficient (Wildman–Crippen LogP) is 30.6. The number of aliphatic hydroxyl groups is 8. The topological polar surface area (TPSA) is 162 Å². The Morgan fingerprint density at radius 3 is 0.347 bits per heavy atom. The first-order valence-electron chi connectivity index (χ1n) is 44.3. The standard InChI is InChI=1S/4C21H42OS.C5H12O4/c4*1-3-4-5-6-7-8-9-10-11-12-13-14-15-16-17-18-19-20(2)21(22)23;6-1-5(2-7,3-8)4-9/h4*20H,3-19H2,1-2H3,(H,22,23);6-9H,1-4H2. The molecule has 0 aromatic rings. The Bertz CT molecular complexity index is 1370. The molecule has 0 aromatic carbocycles. The molecule has 4 atom stereocenters. The third-order valence-electron chi connectivity index (χ3n) is 21.0. The van der Waals surface area contributed by atoms with E-state index in [-0.39, 0.29) is 43.9 Å². The molecule has 0 aliphatic heterocycles. The van der Waals surface area contributed by atoms with Crippen LogP contribution in [-0.4, -0.2) is 87.5 Å². The van der Waals surface area contributed by atoms with Gasteiger partial charge in [0.05, 0.1) is 31.8 Å². The average Bonchev–Trinajstić information content (AvgIpc) is 1.06. The van der Waals surface area contributed by atoms with E-state index in [0.717, 1.165) is 25.7 Å². The van der Waals surface area contributed by atoms with Crippen molar-refractivity contribution in [3.05, 3.63) is 0 Å². The van der Waals surface area contributed by atoms with Crippen LogP contribution in [0.4, 0.5) is 0 Å². The van der Waals surface area contributed by atoms with Gasteiger partial charge in [-0.3, -0.25) is 0 Å². The summed E-state index contributed by atoms with van der Waals surface area (Å²) in [4.78, 5) is 0. The normalized spacial score (nSPS) is 12.4. The molecule has 608 valence electrons. The minimum absolute atomic E-state index is 0.186. The zero-order valence-corrected chi connectivity index (χ0v) is 72.2. The highest BCUT2D eigenvalue weighted by molar-refractivity contribution is 7.80. The van der Waals surface area contributed by atoms with Gasteiger partial charge in [-0.2, -0.15) is 0 Å². The van der Waals surface area contributed by atoms with E-state index in [9.17, 15) is 20.4 Å². The summed E-state index contributed by atoms with van der Waals surface area (Å²) < 4.78 is 0. The largest absolute Gasteiger partial charge is 0.502 e. The molecule has 0 radical (unpaired) electrons. The smallest absolute Gasteiger partial charge is 0.159 e. The summed E-state index contributed by atoms with van der Waals surface area (Å²) in [6, 6.07) is 0. The molecule has 0 bridgehead atoms. The fourth-order valence-corrected chi connectivity index (χ4v) is 13.3. The first-order chi connectivity index (χ1) is 49.0.